The Hall–Kier alpha value is -3.76. The first-order chi connectivity index (χ1) is 49.7. The lowest BCUT2D eigenvalue weighted by Gasteiger charge is -2.21. The Morgan fingerprint density at radius 3 is 0.755 bits per heavy atom. The molecule has 19 heteroatoms. The van der Waals surface area contributed by atoms with Crippen molar-refractivity contribution in [3.05, 3.63) is 85.1 Å². The summed E-state index contributed by atoms with van der Waals surface area (Å²) in [5.41, 5.74) is 0. The third-order valence-corrected chi connectivity index (χ3v) is 19.2. The van der Waals surface area contributed by atoms with Crippen LogP contribution in [0.15, 0.2) is 85.1 Å². The van der Waals surface area contributed by atoms with Gasteiger partial charge in [0.1, 0.15) is 19.3 Å². The molecule has 0 aromatic heterocycles. The van der Waals surface area contributed by atoms with E-state index in [1.807, 2.05) is 0 Å². The van der Waals surface area contributed by atoms with Crippen LogP contribution in [0.4, 0.5) is 0 Å². The third kappa shape index (κ3) is 74.5. The second-order valence-electron chi connectivity index (χ2n) is 27.3. The number of carbonyl (C=O) groups is 4. The third-order valence-electron chi connectivity index (χ3n) is 17.3. The predicted octanol–water partition coefficient (Wildman–Crippen LogP) is 23.8. The molecule has 0 aliphatic heterocycles. The summed E-state index contributed by atoms with van der Waals surface area (Å²) in [6.45, 7) is 4.80. The van der Waals surface area contributed by atoms with Crippen LogP contribution in [-0.2, 0) is 65.4 Å². The Morgan fingerprint density at radius 2 is 0.480 bits per heavy atom. The van der Waals surface area contributed by atoms with Gasteiger partial charge >= 0.3 is 39.5 Å². The molecule has 592 valence electrons. The van der Waals surface area contributed by atoms with Gasteiger partial charge in [0, 0.05) is 25.7 Å². The van der Waals surface area contributed by atoms with Gasteiger partial charge in [0.2, 0.25) is 0 Å². The molecule has 17 nitrogen and oxygen atoms in total. The van der Waals surface area contributed by atoms with Gasteiger partial charge in [-0.2, -0.15) is 0 Å². The molecular weight excluding hydrogens is 1330 g/mol. The van der Waals surface area contributed by atoms with Gasteiger partial charge in [0.05, 0.1) is 26.4 Å². The highest BCUT2D eigenvalue weighted by Crippen LogP contribution is 2.45. The number of unbranched alkanes of at least 4 members (excludes halogenated alkanes) is 37. The van der Waals surface area contributed by atoms with Gasteiger partial charge in [-0.05, 0) is 148 Å². The molecule has 0 aliphatic carbocycles. The highest BCUT2D eigenvalue weighted by molar-refractivity contribution is 7.47. The number of hydrogen-bond acceptors (Lipinski definition) is 15. The number of allylic oxidation sites excluding steroid dienone is 14. The molecule has 0 fully saturated rings. The lowest BCUT2D eigenvalue weighted by Crippen LogP contribution is -2.30. The molecule has 0 aromatic rings. The van der Waals surface area contributed by atoms with Crippen LogP contribution in [0.2, 0.25) is 0 Å². The van der Waals surface area contributed by atoms with E-state index in [1.54, 1.807) is 0 Å². The highest BCUT2D eigenvalue weighted by Gasteiger charge is 2.30. The number of esters is 4. The second kappa shape index (κ2) is 75.5. The Bertz CT molecular complexity index is 2260. The smallest absolute Gasteiger partial charge is 0.462 e. The molecule has 0 heterocycles. The van der Waals surface area contributed by atoms with Gasteiger partial charge in [-0.25, -0.2) is 9.13 Å². The summed E-state index contributed by atoms with van der Waals surface area (Å²) in [4.78, 5) is 73.1. The minimum atomic E-state index is -4.98. The Balaban J connectivity index is 5.37. The molecule has 0 rings (SSSR count). The van der Waals surface area contributed by atoms with Crippen molar-refractivity contribution in [2.24, 2.45) is 0 Å². The number of aliphatic hydroxyl groups is 1. The summed E-state index contributed by atoms with van der Waals surface area (Å²) in [5.74, 6) is -2.20. The molecule has 0 saturated carbocycles. The van der Waals surface area contributed by atoms with E-state index >= 15 is 0 Å². The van der Waals surface area contributed by atoms with Crippen molar-refractivity contribution >= 4 is 39.5 Å². The monoisotopic (exact) mass is 1480 g/mol. The van der Waals surface area contributed by atoms with Crippen molar-refractivity contribution in [3.63, 3.8) is 0 Å². The van der Waals surface area contributed by atoms with E-state index in [9.17, 15) is 43.2 Å². The minimum Gasteiger partial charge on any atom is -0.462 e. The number of aliphatic hydroxyl groups excluding tert-OH is 1. The lowest BCUT2D eigenvalue weighted by atomic mass is 10.1. The molecule has 0 aromatic carbocycles. The lowest BCUT2D eigenvalue weighted by molar-refractivity contribution is -0.161. The molecule has 0 amide bonds. The van der Waals surface area contributed by atoms with Crippen molar-refractivity contribution in [1.29, 1.82) is 0 Å². The van der Waals surface area contributed by atoms with E-state index in [0.717, 1.165) is 199 Å². The average molecular weight is 1480 g/mol. The van der Waals surface area contributed by atoms with E-state index in [1.165, 1.54) is 83.5 Å². The Kier molecular flexibility index (Phi) is 72.7. The van der Waals surface area contributed by atoms with Gasteiger partial charge in [0.15, 0.2) is 12.2 Å². The summed E-state index contributed by atoms with van der Waals surface area (Å²) in [6.07, 6.45) is 78.3. The standard InChI is InChI=1S/C83H148O17P2/c1-5-9-13-17-21-25-29-33-37-38-42-44-48-52-56-60-64-68-81(86)94-74-79(100-83(88)70-66-62-58-54-50-46-41-36-32-28-24-20-16-12-8-4)76-98-102(91,92)96-72-77(84)71-95-101(89,90)97-75-78(99-82(87)69-65-61-57-53-49-45-40-35-31-27-23-19-15-11-7-3)73-93-80(85)67-63-59-55-51-47-43-39-34-30-26-22-18-14-10-6-2/h21-22,24-28,31,33-34,36-37,39,41,77-79,84H,5-20,23,29-30,32,35,38,40,42-76H2,1-4H3,(H,89,90)(H,91,92)/b25-21-,26-22-,28-24-,31-27-,37-33-,39-34-,41-36-/t77?,78-,79-/m1/s1. The van der Waals surface area contributed by atoms with E-state index < -0.39 is 97.5 Å². The van der Waals surface area contributed by atoms with Crippen LogP contribution < -0.4 is 0 Å². The zero-order valence-electron chi connectivity index (χ0n) is 64.8. The van der Waals surface area contributed by atoms with E-state index in [2.05, 4.69) is 113 Å². The van der Waals surface area contributed by atoms with Gasteiger partial charge in [-0.1, -0.05) is 273 Å². The van der Waals surface area contributed by atoms with Crippen LogP contribution in [0.1, 0.15) is 362 Å². The largest absolute Gasteiger partial charge is 0.472 e. The number of phosphoric ester groups is 2. The Morgan fingerprint density at radius 1 is 0.275 bits per heavy atom. The first kappa shape index (κ1) is 98.2. The van der Waals surface area contributed by atoms with Crippen LogP contribution in [-0.4, -0.2) is 96.7 Å². The molecule has 0 saturated heterocycles. The number of hydrogen-bond donors (Lipinski definition) is 3. The van der Waals surface area contributed by atoms with Crippen molar-refractivity contribution < 1.29 is 80.2 Å². The molecule has 0 bridgehead atoms. The zero-order valence-corrected chi connectivity index (χ0v) is 66.6. The fraction of sp³-hybridized carbons (Fsp3) is 0.783. The van der Waals surface area contributed by atoms with Crippen molar-refractivity contribution in [3.8, 4) is 0 Å². The van der Waals surface area contributed by atoms with E-state index in [-0.39, 0.29) is 25.7 Å². The molecular formula is C83H148O17P2. The van der Waals surface area contributed by atoms with E-state index in [4.69, 9.17) is 37.0 Å². The number of phosphoric acid groups is 2. The summed E-state index contributed by atoms with van der Waals surface area (Å²) in [6, 6.07) is 0. The van der Waals surface area contributed by atoms with Crippen molar-refractivity contribution in [1.82, 2.24) is 0 Å². The fourth-order valence-corrected chi connectivity index (χ4v) is 12.6. The molecule has 3 N–H and O–H groups in total. The molecule has 102 heavy (non-hydrogen) atoms. The molecule has 0 spiro atoms. The number of carbonyl (C=O) groups excluding carboxylic acids is 4. The number of rotatable bonds is 77. The van der Waals surface area contributed by atoms with Gasteiger partial charge in [-0.15, -0.1) is 0 Å². The summed E-state index contributed by atoms with van der Waals surface area (Å²) >= 11 is 0. The maximum absolute atomic E-state index is 13.1. The SMILES string of the molecule is CCCCC/C=C\C/C=C\CCCCCCCCCC(=O)OC[C@H](COP(=O)(O)OCC(O)COP(=O)(O)OC[C@@H](COC(=O)CCCCCCC/C=C\C/C=C\CCCCC)OC(=O)CCCCCCCCC/C=C\CCCCCC)OC(=O)CCCCCCC/C=C\C/C=C\CCCCC. The number of ether oxygens (including phenoxy) is 4. The first-order valence-corrected chi connectivity index (χ1v) is 43.8. The fourth-order valence-electron chi connectivity index (χ4n) is 11.0. The molecule has 5 atom stereocenters. The minimum absolute atomic E-state index is 0.0786. The quantitative estimate of drug-likeness (QED) is 0.0169. The molecule has 0 aliphatic rings. The topological polar surface area (TPSA) is 237 Å². The van der Waals surface area contributed by atoms with Crippen molar-refractivity contribution in [2.45, 2.75) is 380 Å². The van der Waals surface area contributed by atoms with Crippen molar-refractivity contribution in [2.75, 3.05) is 39.6 Å². The zero-order chi connectivity index (χ0) is 74.6. The second-order valence-corrected chi connectivity index (χ2v) is 30.3. The van der Waals surface area contributed by atoms with Crippen LogP contribution >= 0.6 is 15.6 Å². The van der Waals surface area contributed by atoms with Gasteiger partial charge in [-0.3, -0.25) is 37.3 Å². The molecule has 3 unspecified atom stereocenters. The average Bonchev–Trinajstić information content (AvgIpc) is 0.923. The summed E-state index contributed by atoms with van der Waals surface area (Å²) in [5, 5.41) is 10.6. The maximum atomic E-state index is 13.1. The normalized spacial score (nSPS) is 14.3. The predicted molar refractivity (Wildman–Crippen MR) is 418 cm³/mol. The Labute approximate surface area is 621 Å². The van der Waals surface area contributed by atoms with Gasteiger partial charge < -0.3 is 33.8 Å². The highest BCUT2D eigenvalue weighted by atomic mass is 31.2. The molecule has 0 radical (unpaired) electrons. The summed E-state index contributed by atoms with van der Waals surface area (Å²) < 4.78 is 68.7. The first-order valence-electron chi connectivity index (χ1n) is 40.8. The van der Waals surface area contributed by atoms with E-state index in [0.29, 0.717) is 25.7 Å². The maximum Gasteiger partial charge on any atom is 0.472 e. The van der Waals surface area contributed by atoms with Crippen LogP contribution in [0.25, 0.3) is 0 Å². The van der Waals surface area contributed by atoms with Crippen LogP contribution in [0.5, 0.6) is 0 Å². The summed E-state index contributed by atoms with van der Waals surface area (Å²) in [7, 11) is -9.96. The van der Waals surface area contributed by atoms with Crippen LogP contribution in [0, 0.1) is 0 Å². The van der Waals surface area contributed by atoms with Crippen LogP contribution in [0.3, 0.4) is 0 Å². The van der Waals surface area contributed by atoms with Gasteiger partial charge in [0.25, 0.3) is 0 Å².